The van der Waals surface area contributed by atoms with Gasteiger partial charge in [-0.2, -0.15) is 0 Å². The van der Waals surface area contributed by atoms with E-state index in [1.54, 1.807) is 0 Å². The molecular weight excluding hydrogens is 348 g/mol. The standard InChI is InChI=1S/C12H7Cl3FNO2S/c13-7-3-8(14)5-10(4-7)20(18,19)17-12-2-1-9(16)6-11(12)15/h1-6,17H. The number of nitrogens with one attached hydrogen (secondary N) is 1. The Kier molecular flexibility index (Phi) is 4.44. The minimum absolute atomic E-state index is 0.0540. The summed E-state index contributed by atoms with van der Waals surface area (Å²) in [5.41, 5.74) is 0.0594. The highest BCUT2D eigenvalue weighted by Crippen LogP contribution is 2.27. The van der Waals surface area contributed by atoms with Gasteiger partial charge < -0.3 is 0 Å². The van der Waals surface area contributed by atoms with E-state index in [9.17, 15) is 12.8 Å². The van der Waals surface area contributed by atoms with Gasteiger partial charge in [0.1, 0.15) is 5.82 Å². The number of halogens is 4. The molecule has 0 radical (unpaired) electrons. The van der Waals surface area contributed by atoms with Crippen LogP contribution in [0.3, 0.4) is 0 Å². The summed E-state index contributed by atoms with van der Waals surface area (Å²) < 4.78 is 39.5. The molecule has 0 saturated heterocycles. The fourth-order valence-corrected chi connectivity index (χ4v) is 3.54. The average molecular weight is 355 g/mol. The predicted molar refractivity (Wildman–Crippen MR) is 78.7 cm³/mol. The average Bonchev–Trinajstić information content (AvgIpc) is 2.31. The molecular formula is C12H7Cl3FNO2S. The molecule has 0 aliphatic heterocycles. The van der Waals surface area contributed by atoms with Gasteiger partial charge in [-0.15, -0.1) is 0 Å². The second kappa shape index (κ2) is 5.77. The van der Waals surface area contributed by atoms with Gasteiger partial charge >= 0.3 is 0 Å². The van der Waals surface area contributed by atoms with Gasteiger partial charge in [0.15, 0.2) is 0 Å². The summed E-state index contributed by atoms with van der Waals surface area (Å²) in [7, 11) is -3.92. The SMILES string of the molecule is O=S(=O)(Nc1ccc(F)cc1Cl)c1cc(Cl)cc(Cl)c1. The largest absolute Gasteiger partial charge is 0.278 e. The monoisotopic (exact) mass is 353 g/mol. The molecule has 0 heterocycles. The van der Waals surface area contributed by atoms with Crippen LogP contribution in [0.4, 0.5) is 10.1 Å². The van der Waals surface area contributed by atoms with E-state index in [0.29, 0.717) is 0 Å². The molecule has 0 saturated carbocycles. The van der Waals surface area contributed by atoms with E-state index in [-0.39, 0.29) is 25.7 Å². The molecule has 2 rings (SSSR count). The van der Waals surface area contributed by atoms with E-state index in [1.807, 2.05) is 0 Å². The molecule has 0 fully saturated rings. The summed E-state index contributed by atoms with van der Waals surface area (Å²) in [6, 6.07) is 7.22. The van der Waals surface area contributed by atoms with Gasteiger partial charge in [0.2, 0.25) is 0 Å². The lowest BCUT2D eigenvalue weighted by Crippen LogP contribution is -2.13. The molecule has 0 bridgehead atoms. The molecule has 3 nitrogen and oxygen atoms in total. The molecule has 1 N–H and O–H groups in total. The van der Waals surface area contributed by atoms with Crippen molar-refractivity contribution in [3.8, 4) is 0 Å². The van der Waals surface area contributed by atoms with Gasteiger partial charge in [0.25, 0.3) is 10.0 Å². The number of benzene rings is 2. The molecule has 0 atom stereocenters. The third-order valence-electron chi connectivity index (χ3n) is 2.32. The Labute approximate surface area is 130 Å². The van der Waals surface area contributed by atoms with Gasteiger partial charge in [0, 0.05) is 10.0 Å². The molecule has 0 aliphatic carbocycles. The van der Waals surface area contributed by atoms with Crippen molar-refractivity contribution in [3.05, 3.63) is 57.3 Å². The molecule has 0 unspecified atom stereocenters. The Balaban J connectivity index is 2.40. The zero-order valence-corrected chi connectivity index (χ0v) is 12.8. The van der Waals surface area contributed by atoms with Crippen LogP contribution in [0, 0.1) is 5.82 Å². The first-order chi connectivity index (χ1) is 9.28. The number of hydrogen-bond acceptors (Lipinski definition) is 2. The van der Waals surface area contributed by atoms with Crippen molar-refractivity contribution in [2.45, 2.75) is 4.90 Å². The number of anilines is 1. The Morgan fingerprint density at radius 2 is 1.55 bits per heavy atom. The maximum Gasteiger partial charge on any atom is 0.262 e. The van der Waals surface area contributed by atoms with Crippen molar-refractivity contribution in [2.24, 2.45) is 0 Å². The molecule has 0 aliphatic rings. The molecule has 0 aromatic heterocycles. The van der Waals surface area contributed by atoms with Gasteiger partial charge in [0.05, 0.1) is 15.6 Å². The second-order valence-electron chi connectivity index (χ2n) is 3.83. The third kappa shape index (κ3) is 3.55. The van der Waals surface area contributed by atoms with E-state index in [1.165, 1.54) is 24.3 Å². The zero-order valence-electron chi connectivity index (χ0n) is 9.70. The Hall–Kier alpha value is -1.01. The van der Waals surface area contributed by atoms with Crippen molar-refractivity contribution in [3.63, 3.8) is 0 Å². The Morgan fingerprint density at radius 1 is 0.950 bits per heavy atom. The third-order valence-corrected chi connectivity index (χ3v) is 4.42. The Morgan fingerprint density at radius 3 is 2.10 bits per heavy atom. The first-order valence-electron chi connectivity index (χ1n) is 5.22. The van der Waals surface area contributed by atoms with Crippen LogP contribution in [0.1, 0.15) is 0 Å². The zero-order chi connectivity index (χ0) is 14.9. The highest BCUT2D eigenvalue weighted by molar-refractivity contribution is 7.92. The van der Waals surface area contributed by atoms with Crippen LogP contribution in [-0.2, 0) is 10.0 Å². The van der Waals surface area contributed by atoms with Crippen LogP contribution in [0.2, 0.25) is 15.1 Å². The number of hydrogen-bond donors (Lipinski definition) is 1. The van der Waals surface area contributed by atoms with Crippen LogP contribution >= 0.6 is 34.8 Å². The second-order valence-corrected chi connectivity index (χ2v) is 6.80. The van der Waals surface area contributed by atoms with Crippen molar-refractivity contribution < 1.29 is 12.8 Å². The summed E-state index contributed by atoms with van der Waals surface area (Å²) in [5, 5.41) is 0.313. The topological polar surface area (TPSA) is 46.2 Å². The molecule has 2 aromatic carbocycles. The maximum atomic E-state index is 12.9. The van der Waals surface area contributed by atoms with Gasteiger partial charge in [-0.1, -0.05) is 34.8 Å². The summed E-state index contributed by atoms with van der Waals surface area (Å²) in [5.74, 6) is -0.566. The predicted octanol–water partition coefficient (Wildman–Crippen LogP) is 4.59. The smallest absolute Gasteiger partial charge is 0.262 e. The van der Waals surface area contributed by atoms with E-state index >= 15 is 0 Å². The van der Waals surface area contributed by atoms with Crippen LogP contribution in [-0.4, -0.2) is 8.42 Å². The molecule has 106 valence electrons. The highest BCUT2D eigenvalue weighted by atomic mass is 35.5. The normalized spacial score (nSPS) is 11.4. The van der Waals surface area contributed by atoms with Crippen LogP contribution in [0.5, 0.6) is 0 Å². The van der Waals surface area contributed by atoms with E-state index < -0.39 is 15.8 Å². The van der Waals surface area contributed by atoms with E-state index in [4.69, 9.17) is 34.8 Å². The molecule has 20 heavy (non-hydrogen) atoms. The van der Waals surface area contributed by atoms with Crippen LogP contribution in [0.25, 0.3) is 0 Å². The van der Waals surface area contributed by atoms with Crippen molar-refractivity contribution in [2.75, 3.05) is 4.72 Å². The van der Waals surface area contributed by atoms with Gasteiger partial charge in [-0.05, 0) is 36.4 Å². The molecule has 2 aromatic rings. The lowest BCUT2D eigenvalue weighted by molar-refractivity contribution is 0.601. The maximum absolute atomic E-state index is 12.9. The summed E-state index contributed by atoms with van der Waals surface area (Å²) in [6.45, 7) is 0. The number of sulfonamides is 1. The molecule has 8 heteroatoms. The van der Waals surface area contributed by atoms with Crippen LogP contribution in [0.15, 0.2) is 41.3 Å². The van der Waals surface area contributed by atoms with E-state index in [0.717, 1.165) is 12.1 Å². The first-order valence-corrected chi connectivity index (χ1v) is 7.83. The lowest BCUT2D eigenvalue weighted by atomic mass is 10.3. The van der Waals surface area contributed by atoms with Crippen LogP contribution < -0.4 is 4.72 Å². The first kappa shape index (κ1) is 15.4. The molecule has 0 spiro atoms. The van der Waals surface area contributed by atoms with E-state index in [2.05, 4.69) is 4.72 Å². The van der Waals surface area contributed by atoms with Gasteiger partial charge in [-0.3, -0.25) is 4.72 Å². The Bertz CT molecular complexity index is 745. The lowest BCUT2D eigenvalue weighted by Gasteiger charge is -2.10. The fourth-order valence-electron chi connectivity index (χ4n) is 1.46. The summed E-state index contributed by atoms with van der Waals surface area (Å²) in [6.07, 6.45) is 0. The van der Waals surface area contributed by atoms with Crippen molar-refractivity contribution in [1.82, 2.24) is 0 Å². The summed E-state index contributed by atoms with van der Waals surface area (Å²) >= 11 is 17.3. The number of rotatable bonds is 3. The van der Waals surface area contributed by atoms with Gasteiger partial charge in [-0.25, -0.2) is 12.8 Å². The highest BCUT2D eigenvalue weighted by Gasteiger charge is 2.17. The quantitative estimate of drug-likeness (QED) is 0.876. The van der Waals surface area contributed by atoms with Crippen molar-refractivity contribution in [1.29, 1.82) is 0 Å². The summed E-state index contributed by atoms with van der Waals surface area (Å²) in [4.78, 5) is -0.115. The minimum atomic E-state index is -3.92. The minimum Gasteiger partial charge on any atom is -0.278 e. The molecule has 0 amide bonds. The van der Waals surface area contributed by atoms with Crippen molar-refractivity contribution >= 4 is 50.5 Å². The fraction of sp³-hybridized carbons (Fsp3) is 0.